The lowest BCUT2D eigenvalue weighted by molar-refractivity contribution is -0.114. The van der Waals surface area contributed by atoms with Crippen molar-refractivity contribution >= 4 is 17.3 Å². The number of rotatable bonds is 8. The van der Waals surface area contributed by atoms with Crippen molar-refractivity contribution in [2.24, 2.45) is 0 Å². The Kier molecular flexibility index (Phi) is 6.91. The van der Waals surface area contributed by atoms with Gasteiger partial charge in [-0.3, -0.25) is 4.79 Å². The Labute approximate surface area is 121 Å². The van der Waals surface area contributed by atoms with E-state index in [9.17, 15) is 4.79 Å². The fourth-order valence-corrected chi connectivity index (χ4v) is 2.30. The molecule has 0 spiro atoms. The summed E-state index contributed by atoms with van der Waals surface area (Å²) in [5, 5.41) is 6.31. The van der Waals surface area contributed by atoms with Crippen molar-refractivity contribution in [1.82, 2.24) is 0 Å². The normalized spacial score (nSPS) is 10.4. The van der Waals surface area contributed by atoms with Gasteiger partial charge in [0, 0.05) is 24.7 Å². The maximum atomic E-state index is 11.1. The van der Waals surface area contributed by atoms with Crippen LogP contribution in [0.15, 0.2) is 18.2 Å². The average Bonchev–Trinajstić information content (AvgIpc) is 2.40. The summed E-state index contributed by atoms with van der Waals surface area (Å²) in [4.78, 5) is 11.1. The maximum absolute atomic E-state index is 11.1. The number of benzene rings is 1. The molecule has 2 N–H and O–H groups in total. The molecule has 112 valence electrons. The number of anilines is 2. The first-order chi connectivity index (χ1) is 9.60. The molecular formula is C16H26N2O2. The molecule has 0 unspecified atom stereocenters. The van der Waals surface area contributed by atoms with E-state index in [4.69, 9.17) is 4.74 Å². The van der Waals surface area contributed by atoms with Crippen LogP contribution in [0.25, 0.3) is 0 Å². The average molecular weight is 278 g/mol. The van der Waals surface area contributed by atoms with Crippen LogP contribution in [-0.2, 0) is 4.79 Å². The van der Waals surface area contributed by atoms with Gasteiger partial charge in [0.2, 0.25) is 5.91 Å². The molecule has 0 atom stereocenters. The predicted octanol–water partition coefficient (Wildman–Crippen LogP) is 4.03. The van der Waals surface area contributed by atoms with Crippen LogP contribution in [0.1, 0.15) is 46.5 Å². The molecule has 0 saturated carbocycles. The number of nitrogens with one attached hydrogen (secondary N) is 2. The third-order valence-corrected chi connectivity index (χ3v) is 3.16. The number of carbonyl (C=O) groups excluding carboxylic acids is 1. The summed E-state index contributed by atoms with van der Waals surface area (Å²) in [5.41, 5.74) is 1.73. The highest BCUT2D eigenvalue weighted by Crippen LogP contribution is 2.28. The molecule has 0 saturated heterocycles. The van der Waals surface area contributed by atoms with Crippen LogP contribution in [0, 0.1) is 0 Å². The van der Waals surface area contributed by atoms with Crippen molar-refractivity contribution in [2.45, 2.75) is 52.5 Å². The van der Waals surface area contributed by atoms with E-state index in [0.717, 1.165) is 18.5 Å². The molecule has 1 aromatic rings. The smallest absolute Gasteiger partial charge is 0.221 e. The van der Waals surface area contributed by atoms with Crippen LogP contribution in [-0.4, -0.2) is 19.1 Å². The minimum absolute atomic E-state index is 0.0983. The number of carbonyl (C=O) groups is 1. The van der Waals surface area contributed by atoms with E-state index in [0.29, 0.717) is 17.5 Å². The molecule has 1 amide bonds. The summed E-state index contributed by atoms with van der Waals surface area (Å²) in [6.45, 7) is 5.89. The molecule has 0 aliphatic rings. The van der Waals surface area contributed by atoms with Crippen molar-refractivity contribution in [3.63, 3.8) is 0 Å². The van der Waals surface area contributed by atoms with E-state index >= 15 is 0 Å². The standard InChI is InChI=1S/C16H26N2O2/c1-5-7-13(8-6-2)18-14-9-10-15(17-12(3)19)16(11-14)20-4/h9-11,13,18H,5-8H2,1-4H3,(H,17,19). The highest BCUT2D eigenvalue weighted by Gasteiger charge is 2.09. The van der Waals surface area contributed by atoms with Gasteiger partial charge in [0.25, 0.3) is 0 Å². The summed E-state index contributed by atoms with van der Waals surface area (Å²) < 4.78 is 5.33. The van der Waals surface area contributed by atoms with E-state index in [2.05, 4.69) is 24.5 Å². The third kappa shape index (κ3) is 5.11. The minimum Gasteiger partial charge on any atom is -0.494 e. The lowest BCUT2D eigenvalue weighted by atomic mass is 10.1. The highest BCUT2D eigenvalue weighted by molar-refractivity contribution is 5.90. The van der Waals surface area contributed by atoms with Crippen molar-refractivity contribution < 1.29 is 9.53 Å². The minimum atomic E-state index is -0.0983. The molecule has 0 radical (unpaired) electrons. The van der Waals surface area contributed by atoms with Crippen LogP contribution in [0.5, 0.6) is 5.75 Å². The van der Waals surface area contributed by atoms with Gasteiger partial charge in [-0.1, -0.05) is 26.7 Å². The van der Waals surface area contributed by atoms with Gasteiger partial charge in [-0.25, -0.2) is 0 Å². The van der Waals surface area contributed by atoms with Gasteiger partial charge < -0.3 is 15.4 Å². The summed E-state index contributed by atoms with van der Waals surface area (Å²) in [6, 6.07) is 6.27. The van der Waals surface area contributed by atoms with E-state index in [1.807, 2.05) is 18.2 Å². The van der Waals surface area contributed by atoms with Crippen molar-refractivity contribution in [3.8, 4) is 5.75 Å². The third-order valence-electron chi connectivity index (χ3n) is 3.16. The monoisotopic (exact) mass is 278 g/mol. The first-order valence-electron chi connectivity index (χ1n) is 7.32. The molecule has 1 rings (SSSR count). The van der Waals surface area contributed by atoms with Gasteiger partial charge in [-0.05, 0) is 25.0 Å². The summed E-state index contributed by atoms with van der Waals surface area (Å²) in [6.07, 6.45) is 4.64. The topological polar surface area (TPSA) is 50.4 Å². The largest absolute Gasteiger partial charge is 0.494 e. The van der Waals surface area contributed by atoms with Gasteiger partial charge in [-0.2, -0.15) is 0 Å². The lowest BCUT2D eigenvalue weighted by Gasteiger charge is -2.20. The Hall–Kier alpha value is -1.71. The molecule has 0 bridgehead atoms. The molecule has 20 heavy (non-hydrogen) atoms. The van der Waals surface area contributed by atoms with Crippen molar-refractivity contribution in [2.75, 3.05) is 17.7 Å². The SMILES string of the molecule is CCCC(CCC)Nc1ccc(NC(C)=O)c(OC)c1. The Morgan fingerprint density at radius 1 is 1.25 bits per heavy atom. The Morgan fingerprint density at radius 3 is 2.40 bits per heavy atom. The summed E-state index contributed by atoms with van der Waals surface area (Å²) in [5.74, 6) is 0.579. The number of ether oxygens (including phenoxy) is 1. The molecule has 4 heteroatoms. The van der Waals surface area contributed by atoms with Gasteiger partial charge in [0.05, 0.1) is 12.8 Å². The highest BCUT2D eigenvalue weighted by atomic mass is 16.5. The molecule has 1 aromatic carbocycles. The second-order valence-corrected chi connectivity index (χ2v) is 5.01. The lowest BCUT2D eigenvalue weighted by Crippen LogP contribution is -2.19. The Morgan fingerprint density at radius 2 is 1.90 bits per heavy atom. The second kappa shape index (κ2) is 8.46. The zero-order chi connectivity index (χ0) is 15.0. The fourth-order valence-electron chi connectivity index (χ4n) is 2.30. The van der Waals surface area contributed by atoms with E-state index in [-0.39, 0.29) is 5.91 Å². The van der Waals surface area contributed by atoms with Crippen molar-refractivity contribution in [1.29, 1.82) is 0 Å². The Balaban J connectivity index is 2.82. The summed E-state index contributed by atoms with van der Waals surface area (Å²) >= 11 is 0. The van der Waals surface area contributed by atoms with Gasteiger partial charge >= 0.3 is 0 Å². The first kappa shape index (κ1) is 16.3. The summed E-state index contributed by atoms with van der Waals surface area (Å²) in [7, 11) is 1.61. The van der Waals surface area contributed by atoms with Crippen LogP contribution >= 0.6 is 0 Å². The van der Waals surface area contributed by atoms with Crippen LogP contribution in [0.3, 0.4) is 0 Å². The van der Waals surface area contributed by atoms with Crippen molar-refractivity contribution in [3.05, 3.63) is 18.2 Å². The van der Waals surface area contributed by atoms with Gasteiger partial charge in [0.1, 0.15) is 5.75 Å². The van der Waals surface area contributed by atoms with Crippen LogP contribution < -0.4 is 15.4 Å². The van der Waals surface area contributed by atoms with E-state index < -0.39 is 0 Å². The maximum Gasteiger partial charge on any atom is 0.221 e. The van der Waals surface area contributed by atoms with E-state index in [1.54, 1.807) is 7.11 Å². The van der Waals surface area contributed by atoms with Gasteiger partial charge in [0.15, 0.2) is 0 Å². The van der Waals surface area contributed by atoms with Crippen LogP contribution in [0.2, 0.25) is 0 Å². The number of methoxy groups -OCH3 is 1. The van der Waals surface area contributed by atoms with Crippen LogP contribution in [0.4, 0.5) is 11.4 Å². The molecule has 0 aliphatic carbocycles. The molecule has 0 fully saturated rings. The first-order valence-corrected chi connectivity index (χ1v) is 7.32. The predicted molar refractivity (Wildman–Crippen MR) is 84.5 cm³/mol. The number of hydrogen-bond donors (Lipinski definition) is 2. The molecule has 4 nitrogen and oxygen atoms in total. The van der Waals surface area contributed by atoms with E-state index in [1.165, 1.54) is 19.8 Å². The Bertz CT molecular complexity index is 426. The zero-order valence-electron chi connectivity index (χ0n) is 13.0. The fraction of sp³-hybridized carbons (Fsp3) is 0.562. The molecular weight excluding hydrogens is 252 g/mol. The molecule has 0 heterocycles. The number of hydrogen-bond acceptors (Lipinski definition) is 3. The van der Waals surface area contributed by atoms with Gasteiger partial charge in [-0.15, -0.1) is 0 Å². The number of amides is 1. The second-order valence-electron chi connectivity index (χ2n) is 5.01. The molecule has 0 aliphatic heterocycles. The zero-order valence-corrected chi connectivity index (χ0v) is 13.0. The molecule has 0 aromatic heterocycles. The quantitative estimate of drug-likeness (QED) is 0.754.